The second-order valence-corrected chi connectivity index (χ2v) is 9.53. The molecule has 3 aromatic rings. The maximum Gasteiger partial charge on any atom is 0.407 e. The topological polar surface area (TPSA) is 77.8 Å². The molecule has 33 heavy (non-hydrogen) atoms. The molecule has 0 saturated carbocycles. The van der Waals surface area contributed by atoms with Crippen LogP contribution in [0.5, 0.6) is 0 Å². The molecule has 0 aliphatic heterocycles. The summed E-state index contributed by atoms with van der Waals surface area (Å²) in [5.41, 5.74) is 1.98. The number of carboxylic acid groups (broad SMARTS) is 1. The Bertz CT molecular complexity index is 1120. The Kier molecular flexibility index (Phi) is 8.80. The summed E-state index contributed by atoms with van der Waals surface area (Å²) >= 11 is 13.5. The van der Waals surface area contributed by atoms with Crippen molar-refractivity contribution in [1.29, 1.82) is 0 Å². The van der Waals surface area contributed by atoms with Crippen LogP contribution in [0.25, 0.3) is 0 Å². The molecule has 0 unspecified atom stereocenters. The van der Waals surface area contributed by atoms with Gasteiger partial charge in [-0.1, -0.05) is 65.3 Å². The van der Waals surface area contributed by atoms with Crippen LogP contribution in [0.15, 0.2) is 76.5 Å². The molecule has 0 heterocycles. The molecule has 0 radical (unpaired) electrons. The van der Waals surface area contributed by atoms with Crippen molar-refractivity contribution in [3.05, 3.63) is 93.5 Å². The summed E-state index contributed by atoms with van der Waals surface area (Å²) in [5, 5.41) is 21.1. The summed E-state index contributed by atoms with van der Waals surface area (Å²) in [5.74, 6) is 0. The van der Waals surface area contributed by atoms with E-state index in [2.05, 4.69) is 0 Å². The largest absolute Gasteiger partial charge is 0.465 e. The molecule has 2 atom stereocenters. The first-order chi connectivity index (χ1) is 15.8. The lowest BCUT2D eigenvalue weighted by Gasteiger charge is -2.29. The van der Waals surface area contributed by atoms with Gasteiger partial charge in [0.1, 0.15) is 0 Å². The third-order valence-corrected chi connectivity index (χ3v) is 6.84. The summed E-state index contributed by atoms with van der Waals surface area (Å²) in [6.07, 6.45) is -0.848. The molecule has 0 fully saturated rings. The molecule has 3 aromatic carbocycles. The van der Waals surface area contributed by atoms with E-state index in [1.165, 1.54) is 16.7 Å². The first-order valence-corrected chi connectivity index (χ1v) is 11.8. The van der Waals surface area contributed by atoms with Gasteiger partial charge in [-0.25, -0.2) is 4.79 Å². The van der Waals surface area contributed by atoms with Gasteiger partial charge in [0.25, 0.3) is 0 Å². The zero-order valence-corrected chi connectivity index (χ0v) is 20.1. The molecule has 1 amide bonds. The summed E-state index contributed by atoms with van der Waals surface area (Å²) < 4.78 is 0. The summed E-state index contributed by atoms with van der Waals surface area (Å²) in [6.45, 7) is 1.75. The van der Waals surface area contributed by atoms with Gasteiger partial charge in [0.15, 0.2) is 6.29 Å². The number of hydrogen-bond donors (Lipinski definition) is 2. The highest BCUT2D eigenvalue weighted by molar-refractivity contribution is 7.99. The minimum Gasteiger partial charge on any atom is -0.465 e. The first-order valence-electron chi connectivity index (χ1n) is 10.2. The zero-order chi connectivity index (χ0) is 24.0. The maximum atomic E-state index is 11.9. The number of halogens is 2. The molecule has 0 saturated heterocycles. The third-order valence-electron chi connectivity index (χ3n) is 5.19. The molecule has 8 heteroatoms. The van der Waals surface area contributed by atoms with E-state index >= 15 is 0 Å². The van der Waals surface area contributed by atoms with E-state index in [0.717, 1.165) is 21.6 Å². The number of aliphatic hydroxyl groups is 1. The van der Waals surface area contributed by atoms with Crippen LogP contribution in [0.3, 0.4) is 0 Å². The average Bonchev–Trinajstić information content (AvgIpc) is 2.78. The van der Waals surface area contributed by atoms with Crippen molar-refractivity contribution in [3.8, 4) is 0 Å². The quantitative estimate of drug-likeness (QED) is 0.321. The Labute approximate surface area is 207 Å². The van der Waals surface area contributed by atoms with E-state index < -0.39 is 12.2 Å². The number of carbonyl (C=O) groups is 2. The van der Waals surface area contributed by atoms with Crippen molar-refractivity contribution >= 4 is 47.3 Å². The van der Waals surface area contributed by atoms with Gasteiger partial charge >= 0.3 is 6.09 Å². The number of benzene rings is 3. The third kappa shape index (κ3) is 6.74. The van der Waals surface area contributed by atoms with Crippen LogP contribution in [-0.2, 0) is 6.42 Å². The Morgan fingerprint density at radius 1 is 1.09 bits per heavy atom. The van der Waals surface area contributed by atoms with Crippen LogP contribution in [-0.4, -0.2) is 40.1 Å². The van der Waals surface area contributed by atoms with Crippen molar-refractivity contribution in [1.82, 2.24) is 4.90 Å². The van der Waals surface area contributed by atoms with Gasteiger partial charge in [-0.2, -0.15) is 0 Å². The molecule has 2 N–H and O–H groups in total. The van der Waals surface area contributed by atoms with Crippen LogP contribution in [0.4, 0.5) is 4.79 Å². The Morgan fingerprint density at radius 3 is 2.42 bits per heavy atom. The lowest BCUT2D eigenvalue weighted by Crippen LogP contribution is -2.41. The summed E-state index contributed by atoms with van der Waals surface area (Å²) in [7, 11) is 0. The molecule has 5 nitrogen and oxygen atoms in total. The van der Waals surface area contributed by atoms with Gasteiger partial charge in [-0.05, 0) is 60.9 Å². The smallest absolute Gasteiger partial charge is 0.407 e. The van der Waals surface area contributed by atoms with Gasteiger partial charge in [0, 0.05) is 26.4 Å². The molecule has 0 spiro atoms. The predicted molar refractivity (Wildman–Crippen MR) is 132 cm³/mol. The van der Waals surface area contributed by atoms with E-state index in [9.17, 15) is 19.8 Å². The Balaban J connectivity index is 1.67. The van der Waals surface area contributed by atoms with Gasteiger partial charge in [-0.15, -0.1) is 0 Å². The van der Waals surface area contributed by atoms with Crippen molar-refractivity contribution in [2.45, 2.75) is 35.3 Å². The van der Waals surface area contributed by atoms with Gasteiger partial charge in [0.05, 0.1) is 17.7 Å². The average molecular weight is 504 g/mol. The maximum absolute atomic E-state index is 11.9. The Morgan fingerprint density at radius 2 is 1.79 bits per heavy atom. The SMILES string of the molecule is C[C@H](Cc1ccc(Sc2cccc(Cl)c2C=O)cc1)N(C[C@H](O)c1cccc(Cl)c1)C(=O)O. The van der Waals surface area contributed by atoms with Crippen LogP contribution < -0.4 is 0 Å². The van der Waals surface area contributed by atoms with Crippen LogP contribution >= 0.6 is 35.0 Å². The van der Waals surface area contributed by atoms with Crippen molar-refractivity contribution in [3.63, 3.8) is 0 Å². The number of amides is 1. The van der Waals surface area contributed by atoms with E-state index in [1.807, 2.05) is 37.3 Å². The van der Waals surface area contributed by atoms with E-state index in [0.29, 0.717) is 27.6 Å². The predicted octanol–water partition coefficient (Wildman–Crippen LogP) is 6.60. The number of nitrogens with zero attached hydrogens (tertiary/aromatic N) is 1. The molecule has 172 valence electrons. The van der Waals surface area contributed by atoms with E-state index in [4.69, 9.17) is 23.2 Å². The molecule has 0 bridgehead atoms. The molecule has 0 aliphatic carbocycles. The van der Waals surface area contributed by atoms with Crippen LogP contribution in [0.1, 0.15) is 34.5 Å². The summed E-state index contributed by atoms with van der Waals surface area (Å²) in [6, 6.07) is 19.4. The molecular weight excluding hydrogens is 481 g/mol. The number of rotatable bonds is 9. The molecule has 0 aromatic heterocycles. The number of hydrogen-bond acceptors (Lipinski definition) is 4. The van der Waals surface area contributed by atoms with Crippen LogP contribution in [0, 0.1) is 0 Å². The number of aldehydes is 1. The van der Waals surface area contributed by atoms with Crippen molar-refractivity contribution in [2.24, 2.45) is 0 Å². The van der Waals surface area contributed by atoms with Gasteiger partial charge in [-0.3, -0.25) is 4.79 Å². The normalized spacial score (nSPS) is 12.7. The lowest BCUT2D eigenvalue weighted by molar-refractivity contribution is 0.0799. The molecular formula is C25H23Cl2NO4S. The fourth-order valence-electron chi connectivity index (χ4n) is 3.44. The first kappa shape index (κ1) is 25.1. The van der Waals surface area contributed by atoms with E-state index in [-0.39, 0.29) is 12.6 Å². The standard InChI is InChI=1S/C25H23Cl2NO4S/c1-16(28(25(31)32)14-23(30)18-4-2-5-19(26)13-18)12-17-8-10-20(11-9-17)33-24-7-3-6-22(27)21(24)15-29/h2-11,13,15-16,23,30H,12,14H2,1H3,(H,31,32)/t16-,23+/m1/s1. The summed E-state index contributed by atoms with van der Waals surface area (Å²) in [4.78, 5) is 26.1. The second kappa shape index (κ2) is 11.6. The fraction of sp³-hybridized carbons (Fsp3) is 0.200. The number of carbonyl (C=O) groups excluding carboxylic acids is 1. The minimum absolute atomic E-state index is 0.0615. The van der Waals surface area contributed by atoms with Gasteiger partial charge < -0.3 is 15.1 Å². The molecule has 3 rings (SSSR count). The molecule has 0 aliphatic rings. The highest BCUT2D eigenvalue weighted by atomic mass is 35.5. The van der Waals surface area contributed by atoms with Gasteiger partial charge in [0.2, 0.25) is 0 Å². The zero-order valence-electron chi connectivity index (χ0n) is 17.8. The number of aliphatic hydroxyl groups excluding tert-OH is 1. The minimum atomic E-state index is -1.10. The van der Waals surface area contributed by atoms with E-state index in [1.54, 1.807) is 36.4 Å². The highest BCUT2D eigenvalue weighted by Crippen LogP contribution is 2.33. The van der Waals surface area contributed by atoms with Crippen LogP contribution in [0.2, 0.25) is 10.0 Å². The van der Waals surface area contributed by atoms with Crippen molar-refractivity contribution < 1.29 is 19.8 Å². The highest BCUT2D eigenvalue weighted by Gasteiger charge is 2.23. The Hall–Kier alpha value is -2.51. The monoisotopic (exact) mass is 503 g/mol. The lowest BCUT2D eigenvalue weighted by atomic mass is 10.0. The van der Waals surface area contributed by atoms with Crippen molar-refractivity contribution in [2.75, 3.05) is 6.54 Å². The fourth-order valence-corrected chi connectivity index (χ4v) is 4.86. The second-order valence-electron chi connectivity index (χ2n) is 7.57.